The fourth-order valence-corrected chi connectivity index (χ4v) is 3.80. The highest BCUT2D eigenvalue weighted by Gasteiger charge is 2.26. The van der Waals surface area contributed by atoms with E-state index < -0.39 is 0 Å². The Labute approximate surface area is 129 Å². The number of aryl methyl sites for hydroxylation is 1. The summed E-state index contributed by atoms with van der Waals surface area (Å²) in [5.41, 5.74) is 2.04. The monoisotopic (exact) mass is 339 g/mol. The molecule has 1 heterocycles. The second-order valence-electron chi connectivity index (χ2n) is 6.31. The molecular weight excluding hydrogens is 316 g/mol. The number of quaternary nitrogens is 1. The molecule has 3 nitrogen and oxygen atoms in total. The zero-order chi connectivity index (χ0) is 14.7. The Morgan fingerprint density at radius 1 is 1.35 bits per heavy atom. The van der Waals surface area contributed by atoms with Crippen LogP contribution in [0.1, 0.15) is 25.8 Å². The Morgan fingerprint density at radius 3 is 2.60 bits per heavy atom. The van der Waals surface area contributed by atoms with Crippen LogP contribution in [-0.2, 0) is 4.79 Å². The molecule has 1 aromatic carbocycles. The first-order valence-electron chi connectivity index (χ1n) is 7.33. The quantitative estimate of drug-likeness (QED) is 0.870. The molecule has 1 aliphatic rings. The number of carbonyl (C=O) groups is 1. The van der Waals surface area contributed by atoms with E-state index in [0.717, 1.165) is 23.2 Å². The summed E-state index contributed by atoms with van der Waals surface area (Å²) in [7, 11) is 0. The third kappa shape index (κ3) is 4.32. The minimum absolute atomic E-state index is 0.103. The second-order valence-corrected chi connectivity index (χ2v) is 7.17. The molecule has 110 valence electrons. The molecule has 1 fully saturated rings. The van der Waals surface area contributed by atoms with Gasteiger partial charge in [0.05, 0.1) is 18.8 Å². The van der Waals surface area contributed by atoms with E-state index in [1.54, 1.807) is 0 Å². The summed E-state index contributed by atoms with van der Waals surface area (Å²) in [6, 6.07) is 5.99. The molecule has 1 amide bonds. The van der Waals surface area contributed by atoms with Crippen molar-refractivity contribution in [1.82, 2.24) is 0 Å². The molecule has 4 heteroatoms. The number of nitrogens with one attached hydrogen (secondary N) is 2. The fourth-order valence-electron chi connectivity index (χ4n) is 3.21. The van der Waals surface area contributed by atoms with Crippen LogP contribution in [0.25, 0.3) is 0 Å². The molecule has 0 aliphatic carbocycles. The number of carbonyl (C=O) groups excluding carboxylic acids is 1. The van der Waals surface area contributed by atoms with Gasteiger partial charge in [0.15, 0.2) is 6.54 Å². The van der Waals surface area contributed by atoms with Crippen molar-refractivity contribution in [3.63, 3.8) is 0 Å². The Balaban J connectivity index is 1.92. The fraction of sp³-hybridized carbons (Fsp3) is 0.562. The number of hydrogen-bond donors (Lipinski definition) is 2. The van der Waals surface area contributed by atoms with Crippen LogP contribution in [0, 0.1) is 18.8 Å². The number of halogens is 1. The molecule has 0 radical (unpaired) electrons. The van der Waals surface area contributed by atoms with Crippen molar-refractivity contribution in [2.45, 2.75) is 27.2 Å². The summed E-state index contributed by atoms with van der Waals surface area (Å²) < 4.78 is 0.946. The Morgan fingerprint density at radius 2 is 2.00 bits per heavy atom. The highest BCUT2D eigenvalue weighted by atomic mass is 79.9. The van der Waals surface area contributed by atoms with E-state index >= 15 is 0 Å². The lowest BCUT2D eigenvalue weighted by molar-refractivity contribution is -0.904. The van der Waals surface area contributed by atoms with Gasteiger partial charge in [-0.2, -0.15) is 0 Å². The minimum atomic E-state index is 0.103. The largest absolute Gasteiger partial charge is 0.327 e. The van der Waals surface area contributed by atoms with Gasteiger partial charge in [0.1, 0.15) is 0 Å². The molecule has 2 rings (SSSR count). The van der Waals surface area contributed by atoms with Crippen LogP contribution < -0.4 is 10.2 Å². The molecule has 1 aromatic rings. The van der Waals surface area contributed by atoms with E-state index in [9.17, 15) is 4.79 Å². The van der Waals surface area contributed by atoms with Gasteiger partial charge in [-0.1, -0.05) is 19.9 Å². The minimum Gasteiger partial charge on any atom is -0.327 e. The van der Waals surface area contributed by atoms with E-state index in [-0.39, 0.29) is 5.91 Å². The van der Waals surface area contributed by atoms with E-state index in [4.69, 9.17) is 0 Å². The molecule has 0 aromatic heterocycles. The van der Waals surface area contributed by atoms with Crippen molar-refractivity contribution in [2.75, 3.05) is 25.0 Å². The van der Waals surface area contributed by atoms with Crippen LogP contribution in [0.15, 0.2) is 22.7 Å². The van der Waals surface area contributed by atoms with Gasteiger partial charge in [-0.3, -0.25) is 4.79 Å². The topological polar surface area (TPSA) is 33.5 Å². The predicted molar refractivity (Wildman–Crippen MR) is 86.0 cm³/mol. The maximum atomic E-state index is 12.2. The first-order valence-corrected chi connectivity index (χ1v) is 8.13. The molecule has 0 unspecified atom stereocenters. The van der Waals surface area contributed by atoms with Crippen molar-refractivity contribution in [1.29, 1.82) is 0 Å². The number of anilines is 1. The maximum Gasteiger partial charge on any atom is 0.279 e. The zero-order valence-electron chi connectivity index (χ0n) is 12.5. The summed E-state index contributed by atoms with van der Waals surface area (Å²) in [4.78, 5) is 13.6. The Bertz CT molecular complexity index is 479. The SMILES string of the molecule is Cc1ccc(NC(=O)C[NH+]2C[C@H](C)C[C@@H](C)C2)c(Br)c1. The average Bonchev–Trinajstić information content (AvgIpc) is 2.31. The summed E-state index contributed by atoms with van der Waals surface area (Å²) in [5.74, 6) is 1.53. The van der Waals surface area contributed by atoms with Gasteiger partial charge in [-0.15, -0.1) is 0 Å². The first kappa shape index (κ1) is 15.5. The summed E-state index contributed by atoms with van der Waals surface area (Å²) >= 11 is 3.50. The third-order valence-corrected chi connectivity index (χ3v) is 4.54. The molecule has 1 saturated heterocycles. The van der Waals surface area contributed by atoms with Gasteiger partial charge < -0.3 is 10.2 Å². The Hall–Kier alpha value is -0.870. The van der Waals surface area contributed by atoms with Crippen LogP contribution in [0.5, 0.6) is 0 Å². The smallest absolute Gasteiger partial charge is 0.279 e. The van der Waals surface area contributed by atoms with Gasteiger partial charge in [0.25, 0.3) is 5.91 Å². The lowest BCUT2D eigenvalue weighted by Gasteiger charge is -2.31. The molecular formula is C16H24BrN2O+. The van der Waals surface area contributed by atoms with Gasteiger partial charge >= 0.3 is 0 Å². The van der Waals surface area contributed by atoms with E-state index in [2.05, 4.69) is 35.1 Å². The van der Waals surface area contributed by atoms with Crippen molar-refractivity contribution >= 4 is 27.5 Å². The van der Waals surface area contributed by atoms with Crippen molar-refractivity contribution in [3.8, 4) is 0 Å². The summed E-state index contributed by atoms with van der Waals surface area (Å²) in [5, 5.41) is 3.01. The summed E-state index contributed by atoms with van der Waals surface area (Å²) in [6.45, 7) is 9.37. The van der Waals surface area contributed by atoms with E-state index in [1.807, 2.05) is 25.1 Å². The van der Waals surface area contributed by atoms with Gasteiger partial charge in [0, 0.05) is 16.3 Å². The van der Waals surface area contributed by atoms with Crippen LogP contribution in [0.3, 0.4) is 0 Å². The van der Waals surface area contributed by atoms with Gasteiger partial charge in [-0.25, -0.2) is 0 Å². The Kier molecular flexibility index (Phi) is 5.22. The standard InChI is InChI=1S/C16H23BrN2O/c1-11-4-5-15(14(17)7-11)18-16(20)10-19-8-12(2)6-13(3)9-19/h4-5,7,12-13H,6,8-10H2,1-3H3,(H,18,20)/p+1/t12-,13-/m1/s1. The lowest BCUT2D eigenvalue weighted by Crippen LogP contribution is -3.15. The van der Waals surface area contributed by atoms with Crippen LogP contribution in [0.2, 0.25) is 0 Å². The van der Waals surface area contributed by atoms with Crippen LogP contribution >= 0.6 is 15.9 Å². The molecule has 1 aliphatic heterocycles. The zero-order valence-corrected chi connectivity index (χ0v) is 14.1. The highest BCUT2D eigenvalue weighted by Crippen LogP contribution is 2.23. The number of benzene rings is 1. The molecule has 0 spiro atoms. The number of rotatable bonds is 3. The highest BCUT2D eigenvalue weighted by molar-refractivity contribution is 9.10. The predicted octanol–water partition coefficient (Wildman–Crippen LogP) is 2.26. The molecule has 20 heavy (non-hydrogen) atoms. The first-order chi connectivity index (χ1) is 9.44. The van der Waals surface area contributed by atoms with Crippen molar-refractivity contribution in [2.24, 2.45) is 11.8 Å². The summed E-state index contributed by atoms with van der Waals surface area (Å²) in [6.07, 6.45) is 1.29. The number of likely N-dealkylation sites (tertiary alicyclic amines) is 1. The normalized spacial score (nSPS) is 26.3. The van der Waals surface area contributed by atoms with Gasteiger partial charge in [-0.05, 0) is 47.0 Å². The second kappa shape index (κ2) is 6.72. The van der Waals surface area contributed by atoms with Crippen molar-refractivity contribution < 1.29 is 9.69 Å². The average molecular weight is 340 g/mol. The van der Waals surface area contributed by atoms with E-state index in [1.165, 1.54) is 16.9 Å². The van der Waals surface area contributed by atoms with Crippen LogP contribution in [0.4, 0.5) is 5.69 Å². The molecule has 2 atom stereocenters. The van der Waals surface area contributed by atoms with E-state index in [0.29, 0.717) is 18.4 Å². The molecule has 0 saturated carbocycles. The molecule has 2 N–H and O–H groups in total. The number of piperidine rings is 1. The van der Waals surface area contributed by atoms with Gasteiger partial charge in [0.2, 0.25) is 0 Å². The number of hydrogen-bond acceptors (Lipinski definition) is 1. The lowest BCUT2D eigenvalue weighted by atomic mass is 9.92. The number of amides is 1. The maximum absolute atomic E-state index is 12.2. The van der Waals surface area contributed by atoms with Crippen molar-refractivity contribution in [3.05, 3.63) is 28.2 Å². The molecule has 0 bridgehead atoms. The third-order valence-electron chi connectivity index (χ3n) is 3.89. The van der Waals surface area contributed by atoms with Crippen LogP contribution in [-0.4, -0.2) is 25.5 Å².